The number of aromatic hydroxyl groups is 1. The number of aromatic nitrogens is 1. The second kappa shape index (κ2) is 8.24. The number of carbonyl (C=O) groups is 1. The minimum Gasteiger partial charge on any atom is -0.508 e. The van der Waals surface area contributed by atoms with Crippen LogP contribution in [-0.2, 0) is 11.2 Å². The summed E-state index contributed by atoms with van der Waals surface area (Å²) in [6.45, 7) is 1.12. The summed E-state index contributed by atoms with van der Waals surface area (Å²) in [4.78, 5) is 15.0. The Morgan fingerprint density at radius 3 is 2.84 bits per heavy atom. The third-order valence-corrected chi connectivity index (χ3v) is 4.03. The van der Waals surface area contributed by atoms with Gasteiger partial charge >= 0.3 is 0 Å². The fourth-order valence-corrected chi connectivity index (χ4v) is 2.75. The number of phenols is 1. The molecule has 0 aliphatic carbocycles. The number of aromatic amines is 1. The summed E-state index contributed by atoms with van der Waals surface area (Å²) in [5.74, 6) is 1.11. The maximum atomic E-state index is 11.9. The van der Waals surface area contributed by atoms with E-state index in [1.807, 2.05) is 42.6 Å². The summed E-state index contributed by atoms with van der Waals surface area (Å²) in [6.07, 6.45) is 3.81. The molecule has 130 valence electrons. The van der Waals surface area contributed by atoms with Crippen molar-refractivity contribution in [3.05, 3.63) is 60.3 Å². The highest BCUT2D eigenvalue weighted by Crippen LogP contribution is 2.22. The molecule has 0 unspecified atom stereocenters. The number of para-hydroxylation sites is 1. The molecule has 0 fully saturated rings. The van der Waals surface area contributed by atoms with Gasteiger partial charge < -0.3 is 20.1 Å². The van der Waals surface area contributed by atoms with Gasteiger partial charge in [0.1, 0.15) is 11.5 Å². The normalized spacial score (nSPS) is 10.7. The number of benzene rings is 2. The molecule has 0 atom stereocenters. The van der Waals surface area contributed by atoms with Crippen LogP contribution in [0, 0.1) is 0 Å². The molecule has 2 aromatic carbocycles. The summed E-state index contributed by atoms with van der Waals surface area (Å²) in [5.41, 5.74) is 2.03. The first kappa shape index (κ1) is 16.9. The van der Waals surface area contributed by atoms with Crippen LogP contribution < -0.4 is 10.1 Å². The van der Waals surface area contributed by atoms with Gasteiger partial charge in [-0.2, -0.15) is 0 Å². The first-order valence-corrected chi connectivity index (χ1v) is 8.46. The summed E-state index contributed by atoms with van der Waals surface area (Å²) in [7, 11) is 0. The monoisotopic (exact) mass is 338 g/mol. The van der Waals surface area contributed by atoms with E-state index in [0.717, 1.165) is 28.6 Å². The van der Waals surface area contributed by atoms with Gasteiger partial charge in [-0.3, -0.25) is 4.79 Å². The molecule has 1 amide bonds. The maximum absolute atomic E-state index is 11.9. The second-order valence-electron chi connectivity index (χ2n) is 5.91. The molecule has 0 saturated heterocycles. The van der Waals surface area contributed by atoms with Gasteiger partial charge in [-0.15, -0.1) is 0 Å². The van der Waals surface area contributed by atoms with Crippen LogP contribution in [0.25, 0.3) is 10.9 Å². The molecule has 5 nitrogen and oxygen atoms in total. The quantitative estimate of drug-likeness (QED) is 0.551. The molecule has 0 bridgehead atoms. The van der Waals surface area contributed by atoms with E-state index in [0.29, 0.717) is 26.0 Å². The molecule has 0 aliphatic rings. The molecule has 3 rings (SSSR count). The number of hydrogen-bond donors (Lipinski definition) is 3. The second-order valence-corrected chi connectivity index (χ2v) is 5.91. The Bertz CT molecular complexity index is 827. The van der Waals surface area contributed by atoms with E-state index in [-0.39, 0.29) is 11.7 Å². The predicted octanol–water partition coefficient (Wildman–Crippen LogP) is 3.39. The zero-order valence-electron chi connectivity index (χ0n) is 14.0. The van der Waals surface area contributed by atoms with Crippen molar-refractivity contribution >= 4 is 16.8 Å². The lowest BCUT2D eigenvalue weighted by atomic mass is 10.1. The number of hydrogen-bond acceptors (Lipinski definition) is 3. The van der Waals surface area contributed by atoms with E-state index < -0.39 is 0 Å². The third-order valence-electron chi connectivity index (χ3n) is 4.03. The summed E-state index contributed by atoms with van der Waals surface area (Å²) in [5, 5.41) is 13.5. The molecule has 5 heteroatoms. The Hall–Kier alpha value is -2.95. The van der Waals surface area contributed by atoms with Crippen molar-refractivity contribution in [1.29, 1.82) is 0 Å². The molecule has 0 aliphatic heterocycles. The Balaban J connectivity index is 1.36. The maximum Gasteiger partial charge on any atom is 0.220 e. The molecule has 25 heavy (non-hydrogen) atoms. The van der Waals surface area contributed by atoms with Crippen molar-refractivity contribution in [2.45, 2.75) is 19.3 Å². The Labute approximate surface area is 146 Å². The molecule has 3 aromatic rings. The number of fused-ring (bicyclic) bond motifs is 1. The van der Waals surface area contributed by atoms with Crippen LogP contribution in [0.4, 0.5) is 0 Å². The van der Waals surface area contributed by atoms with Gasteiger partial charge in [0.15, 0.2) is 0 Å². The zero-order valence-corrected chi connectivity index (χ0v) is 14.0. The minimum atomic E-state index is 0.0362. The number of H-pyrrole nitrogens is 1. The molecule has 3 N–H and O–H groups in total. The number of ether oxygens (including phenoxy) is 1. The van der Waals surface area contributed by atoms with Gasteiger partial charge in [-0.25, -0.2) is 0 Å². The van der Waals surface area contributed by atoms with Gasteiger partial charge in [-0.1, -0.05) is 18.2 Å². The van der Waals surface area contributed by atoms with Gasteiger partial charge in [0.05, 0.1) is 6.61 Å². The Morgan fingerprint density at radius 2 is 2.00 bits per heavy atom. The fraction of sp³-hybridized carbons (Fsp3) is 0.250. The lowest BCUT2D eigenvalue weighted by Crippen LogP contribution is -2.25. The SMILES string of the molecule is O=C(CCCOc1ccccc1)NCCc1c[nH]c2cc(O)ccc12. The summed E-state index contributed by atoms with van der Waals surface area (Å²) >= 11 is 0. The van der Waals surface area contributed by atoms with Gasteiger partial charge in [0, 0.05) is 36.1 Å². The van der Waals surface area contributed by atoms with Crippen molar-refractivity contribution in [2.75, 3.05) is 13.2 Å². The van der Waals surface area contributed by atoms with Crippen LogP contribution in [0.1, 0.15) is 18.4 Å². The van der Waals surface area contributed by atoms with Crippen LogP contribution in [-0.4, -0.2) is 29.1 Å². The van der Waals surface area contributed by atoms with Gasteiger partial charge in [0.25, 0.3) is 0 Å². The molecular formula is C20H22N2O3. The van der Waals surface area contributed by atoms with Gasteiger partial charge in [-0.05, 0) is 42.7 Å². The van der Waals surface area contributed by atoms with Crippen molar-refractivity contribution < 1.29 is 14.6 Å². The van der Waals surface area contributed by atoms with Crippen molar-refractivity contribution in [3.63, 3.8) is 0 Å². The highest BCUT2D eigenvalue weighted by Gasteiger charge is 2.06. The van der Waals surface area contributed by atoms with Crippen LogP contribution in [0.15, 0.2) is 54.7 Å². The number of carbonyl (C=O) groups excluding carboxylic acids is 1. The van der Waals surface area contributed by atoms with Crippen LogP contribution in [0.3, 0.4) is 0 Å². The molecule has 0 saturated carbocycles. The van der Waals surface area contributed by atoms with Gasteiger partial charge in [0.2, 0.25) is 5.91 Å². The fourth-order valence-electron chi connectivity index (χ4n) is 2.75. The van der Waals surface area contributed by atoms with E-state index in [1.54, 1.807) is 12.1 Å². The number of amides is 1. The molecule has 0 spiro atoms. The van der Waals surface area contributed by atoms with E-state index >= 15 is 0 Å². The average Bonchev–Trinajstić information content (AvgIpc) is 3.02. The lowest BCUT2D eigenvalue weighted by molar-refractivity contribution is -0.121. The van der Waals surface area contributed by atoms with E-state index in [1.165, 1.54) is 0 Å². The summed E-state index contributed by atoms with van der Waals surface area (Å²) in [6, 6.07) is 14.9. The standard InChI is InChI=1S/C20H22N2O3/c23-16-8-9-18-15(14-22-19(18)13-16)10-11-21-20(24)7-4-12-25-17-5-2-1-3-6-17/h1-3,5-6,8-9,13-14,22-23H,4,7,10-12H2,(H,21,24). The molecule has 0 radical (unpaired) electrons. The average molecular weight is 338 g/mol. The van der Waals surface area contributed by atoms with E-state index in [9.17, 15) is 9.90 Å². The molecule has 1 heterocycles. The number of rotatable bonds is 8. The van der Waals surface area contributed by atoms with E-state index in [2.05, 4.69) is 10.3 Å². The minimum absolute atomic E-state index is 0.0362. The first-order valence-electron chi connectivity index (χ1n) is 8.46. The smallest absolute Gasteiger partial charge is 0.220 e. The third kappa shape index (κ3) is 4.76. The molecular weight excluding hydrogens is 316 g/mol. The topological polar surface area (TPSA) is 74.3 Å². The van der Waals surface area contributed by atoms with Crippen LogP contribution >= 0.6 is 0 Å². The van der Waals surface area contributed by atoms with Crippen molar-refractivity contribution in [3.8, 4) is 11.5 Å². The first-order chi connectivity index (χ1) is 12.2. The van der Waals surface area contributed by atoms with Crippen molar-refractivity contribution in [2.24, 2.45) is 0 Å². The van der Waals surface area contributed by atoms with Crippen LogP contribution in [0.2, 0.25) is 0 Å². The van der Waals surface area contributed by atoms with Crippen LogP contribution in [0.5, 0.6) is 11.5 Å². The largest absolute Gasteiger partial charge is 0.508 e. The molecule has 1 aromatic heterocycles. The summed E-state index contributed by atoms with van der Waals surface area (Å²) < 4.78 is 5.57. The highest BCUT2D eigenvalue weighted by molar-refractivity contribution is 5.84. The predicted molar refractivity (Wildman–Crippen MR) is 97.8 cm³/mol. The number of nitrogens with one attached hydrogen (secondary N) is 2. The number of phenolic OH excluding ortho intramolecular Hbond substituents is 1. The van der Waals surface area contributed by atoms with E-state index in [4.69, 9.17) is 4.74 Å². The zero-order chi connectivity index (χ0) is 17.5. The Kier molecular flexibility index (Phi) is 5.57. The Morgan fingerprint density at radius 1 is 1.16 bits per heavy atom. The lowest BCUT2D eigenvalue weighted by Gasteiger charge is -2.07. The van der Waals surface area contributed by atoms with Crippen molar-refractivity contribution in [1.82, 2.24) is 10.3 Å². The highest BCUT2D eigenvalue weighted by atomic mass is 16.5.